The van der Waals surface area contributed by atoms with Gasteiger partial charge in [0.05, 0.1) is 10.4 Å². The molecule has 0 bridgehead atoms. The van der Waals surface area contributed by atoms with Gasteiger partial charge in [-0.1, -0.05) is 30.7 Å². The third-order valence-corrected chi connectivity index (χ3v) is 7.25. The molecule has 5 nitrogen and oxygen atoms in total. The van der Waals surface area contributed by atoms with Gasteiger partial charge < -0.3 is 10.2 Å². The van der Waals surface area contributed by atoms with E-state index in [9.17, 15) is 4.79 Å². The normalized spacial score (nSPS) is 15.4. The SMILES string of the molecule is CCN1CCN(Cc2ccc(NC(=O)c3cc4cc5cc(C)ccc5nc4s3)cc2)CC1. The number of hydrogen-bond acceptors (Lipinski definition) is 5. The van der Waals surface area contributed by atoms with Crippen LogP contribution in [0.4, 0.5) is 5.69 Å². The van der Waals surface area contributed by atoms with Crippen molar-refractivity contribution in [1.29, 1.82) is 0 Å². The molecule has 164 valence electrons. The zero-order chi connectivity index (χ0) is 22.1. The number of likely N-dealkylation sites (N-methyl/N-ethyl adjacent to an activating group) is 1. The maximum Gasteiger partial charge on any atom is 0.265 e. The number of aryl methyl sites for hydroxylation is 1. The number of aromatic nitrogens is 1. The smallest absolute Gasteiger partial charge is 0.265 e. The number of thiophene rings is 1. The van der Waals surface area contributed by atoms with Gasteiger partial charge in [0.1, 0.15) is 4.83 Å². The molecule has 0 atom stereocenters. The van der Waals surface area contributed by atoms with E-state index in [1.54, 1.807) is 0 Å². The molecule has 6 heteroatoms. The summed E-state index contributed by atoms with van der Waals surface area (Å²) in [5.41, 5.74) is 4.27. The summed E-state index contributed by atoms with van der Waals surface area (Å²) in [5, 5.41) is 5.15. The number of rotatable bonds is 5. The van der Waals surface area contributed by atoms with Crippen molar-refractivity contribution >= 4 is 44.1 Å². The average Bonchev–Trinajstić information content (AvgIpc) is 3.22. The van der Waals surface area contributed by atoms with Gasteiger partial charge in [0.25, 0.3) is 5.91 Å². The molecular weight excluding hydrogens is 416 g/mol. The van der Waals surface area contributed by atoms with Crippen LogP contribution in [0.2, 0.25) is 0 Å². The van der Waals surface area contributed by atoms with E-state index >= 15 is 0 Å². The van der Waals surface area contributed by atoms with Crippen LogP contribution in [-0.2, 0) is 6.54 Å². The van der Waals surface area contributed by atoms with Gasteiger partial charge in [-0.05, 0) is 55.4 Å². The minimum atomic E-state index is -0.0864. The Bertz CT molecular complexity index is 1260. The topological polar surface area (TPSA) is 48.5 Å². The first kappa shape index (κ1) is 21.1. The Balaban J connectivity index is 1.25. The van der Waals surface area contributed by atoms with Crippen LogP contribution >= 0.6 is 11.3 Å². The molecule has 4 aromatic rings. The van der Waals surface area contributed by atoms with Gasteiger partial charge in [0.2, 0.25) is 0 Å². The second-order valence-electron chi connectivity index (χ2n) is 8.55. The fourth-order valence-electron chi connectivity index (χ4n) is 4.27. The Labute approximate surface area is 192 Å². The zero-order valence-electron chi connectivity index (χ0n) is 18.6. The van der Waals surface area contributed by atoms with Crippen LogP contribution in [0.5, 0.6) is 0 Å². The quantitative estimate of drug-likeness (QED) is 0.463. The summed E-state index contributed by atoms with van der Waals surface area (Å²) in [5.74, 6) is -0.0864. The first-order valence-electron chi connectivity index (χ1n) is 11.2. The molecular formula is C26H28N4OS. The van der Waals surface area contributed by atoms with Crippen LogP contribution in [-0.4, -0.2) is 53.4 Å². The van der Waals surface area contributed by atoms with E-state index in [4.69, 9.17) is 4.98 Å². The summed E-state index contributed by atoms with van der Waals surface area (Å²) in [7, 11) is 0. The second kappa shape index (κ2) is 8.98. The predicted octanol–water partition coefficient (Wildman–Crippen LogP) is 5.15. The molecule has 3 heterocycles. The highest BCUT2D eigenvalue weighted by molar-refractivity contribution is 7.20. The van der Waals surface area contributed by atoms with Crippen molar-refractivity contribution in [3.8, 4) is 0 Å². The molecule has 1 aliphatic rings. The minimum absolute atomic E-state index is 0.0864. The van der Waals surface area contributed by atoms with E-state index in [0.717, 1.165) is 66.1 Å². The highest BCUT2D eigenvalue weighted by atomic mass is 32.1. The number of piperazine rings is 1. The average molecular weight is 445 g/mol. The van der Waals surface area contributed by atoms with Crippen LogP contribution in [0, 0.1) is 6.92 Å². The first-order chi connectivity index (χ1) is 15.6. The molecule has 2 aromatic carbocycles. The van der Waals surface area contributed by atoms with Crippen LogP contribution < -0.4 is 5.32 Å². The number of fused-ring (bicyclic) bond motifs is 2. The molecule has 0 unspecified atom stereocenters. The Kier molecular flexibility index (Phi) is 5.91. The molecule has 1 amide bonds. The molecule has 32 heavy (non-hydrogen) atoms. The second-order valence-corrected chi connectivity index (χ2v) is 9.58. The lowest BCUT2D eigenvalue weighted by molar-refractivity contribution is 0.103. The molecule has 0 spiro atoms. The standard InChI is InChI=1S/C26H28N4OS/c1-3-29-10-12-30(13-11-29)17-19-5-7-22(8-6-19)27-25(31)24-16-21-15-20-14-18(2)4-9-23(20)28-26(21)32-24/h4-9,14-16H,3,10-13,17H2,1-2H3,(H,27,31). The maximum absolute atomic E-state index is 12.9. The summed E-state index contributed by atoms with van der Waals surface area (Å²) in [6.45, 7) is 10.9. The molecule has 2 aromatic heterocycles. The van der Waals surface area contributed by atoms with Gasteiger partial charge in [-0.25, -0.2) is 4.98 Å². The fraction of sp³-hybridized carbons (Fsp3) is 0.308. The lowest BCUT2D eigenvalue weighted by Crippen LogP contribution is -2.45. The van der Waals surface area contributed by atoms with Crippen molar-refractivity contribution in [3.63, 3.8) is 0 Å². The van der Waals surface area contributed by atoms with E-state index in [2.05, 4.69) is 59.3 Å². The van der Waals surface area contributed by atoms with Gasteiger partial charge in [-0.15, -0.1) is 11.3 Å². The molecule has 0 aliphatic carbocycles. The van der Waals surface area contributed by atoms with Crippen LogP contribution in [0.1, 0.15) is 27.7 Å². The van der Waals surface area contributed by atoms with E-state index in [0.29, 0.717) is 4.88 Å². The number of nitrogens with one attached hydrogen (secondary N) is 1. The minimum Gasteiger partial charge on any atom is -0.321 e. The van der Waals surface area contributed by atoms with E-state index in [1.165, 1.54) is 22.5 Å². The van der Waals surface area contributed by atoms with Crippen molar-refractivity contribution in [2.45, 2.75) is 20.4 Å². The Morgan fingerprint density at radius 1 is 0.969 bits per heavy atom. The van der Waals surface area contributed by atoms with Gasteiger partial charge in [-0.3, -0.25) is 9.69 Å². The largest absolute Gasteiger partial charge is 0.321 e. The van der Waals surface area contributed by atoms with Crippen LogP contribution in [0.25, 0.3) is 21.1 Å². The number of benzene rings is 2. The first-order valence-corrected chi connectivity index (χ1v) is 12.0. The van der Waals surface area contributed by atoms with Crippen molar-refractivity contribution in [1.82, 2.24) is 14.8 Å². The third-order valence-electron chi connectivity index (χ3n) is 6.21. The zero-order valence-corrected chi connectivity index (χ0v) is 19.4. The number of carbonyl (C=O) groups is 1. The van der Waals surface area contributed by atoms with Gasteiger partial charge in [-0.2, -0.15) is 0 Å². The Morgan fingerprint density at radius 3 is 2.47 bits per heavy atom. The van der Waals surface area contributed by atoms with E-state index in [-0.39, 0.29) is 5.91 Å². The third kappa shape index (κ3) is 4.53. The molecule has 0 radical (unpaired) electrons. The lowest BCUT2D eigenvalue weighted by Gasteiger charge is -2.34. The number of anilines is 1. The highest BCUT2D eigenvalue weighted by Gasteiger charge is 2.16. The monoisotopic (exact) mass is 444 g/mol. The van der Waals surface area contributed by atoms with Gasteiger partial charge >= 0.3 is 0 Å². The number of pyridine rings is 1. The lowest BCUT2D eigenvalue weighted by atomic mass is 10.1. The Hall–Kier alpha value is -2.80. The molecule has 1 fully saturated rings. The van der Waals surface area contributed by atoms with Crippen molar-refractivity contribution in [2.75, 3.05) is 38.0 Å². The maximum atomic E-state index is 12.9. The van der Waals surface area contributed by atoms with Crippen LogP contribution in [0.3, 0.4) is 0 Å². The number of hydrogen-bond donors (Lipinski definition) is 1. The van der Waals surface area contributed by atoms with E-state index < -0.39 is 0 Å². The van der Waals surface area contributed by atoms with Crippen molar-refractivity contribution in [3.05, 3.63) is 70.6 Å². The number of carbonyl (C=O) groups excluding carboxylic acids is 1. The number of nitrogens with zero attached hydrogens (tertiary/aromatic N) is 3. The Morgan fingerprint density at radius 2 is 1.72 bits per heavy atom. The number of amides is 1. The van der Waals surface area contributed by atoms with Crippen LogP contribution in [0.15, 0.2) is 54.6 Å². The van der Waals surface area contributed by atoms with Gasteiger partial charge in [0.15, 0.2) is 0 Å². The molecule has 5 rings (SSSR count). The predicted molar refractivity (Wildman–Crippen MR) is 134 cm³/mol. The molecule has 1 saturated heterocycles. The summed E-state index contributed by atoms with van der Waals surface area (Å²) in [6.07, 6.45) is 0. The van der Waals surface area contributed by atoms with Gasteiger partial charge in [0, 0.05) is 49.2 Å². The summed E-state index contributed by atoms with van der Waals surface area (Å²) in [6, 6.07) is 18.5. The highest BCUT2D eigenvalue weighted by Crippen LogP contribution is 2.28. The molecule has 1 aliphatic heterocycles. The fourth-order valence-corrected chi connectivity index (χ4v) is 5.19. The summed E-state index contributed by atoms with van der Waals surface area (Å²) in [4.78, 5) is 24.1. The van der Waals surface area contributed by atoms with Crippen molar-refractivity contribution in [2.24, 2.45) is 0 Å². The summed E-state index contributed by atoms with van der Waals surface area (Å²) < 4.78 is 0. The molecule has 1 N–H and O–H groups in total. The molecule has 0 saturated carbocycles. The van der Waals surface area contributed by atoms with E-state index in [1.807, 2.05) is 24.3 Å². The van der Waals surface area contributed by atoms with Crippen molar-refractivity contribution < 1.29 is 4.79 Å². The summed E-state index contributed by atoms with van der Waals surface area (Å²) >= 11 is 1.44.